The predicted octanol–water partition coefficient (Wildman–Crippen LogP) is 0.366. The molecule has 1 aliphatic heterocycles. The van der Waals surface area contributed by atoms with Crippen molar-refractivity contribution in [2.45, 2.75) is 38.9 Å². The molecule has 1 aliphatic rings. The number of hydrogen-bond acceptors (Lipinski definition) is 2. The summed E-state index contributed by atoms with van der Waals surface area (Å²) >= 11 is 5.28. The zero-order valence-corrected chi connectivity index (χ0v) is 10.3. The van der Waals surface area contributed by atoms with Crippen LogP contribution in [0.5, 0.6) is 0 Å². The molecule has 15 heavy (non-hydrogen) atoms. The Morgan fingerprint density at radius 2 is 2.40 bits per heavy atom. The van der Waals surface area contributed by atoms with Crippen molar-refractivity contribution in [3.05, 3.63) is 11.1 Å². The van der Waals surface area contributed by atoms with E-state index in [-0.39, 0.29) is 0 Å². The Bertz CT molecular complexity index is 381. The normalized spacial score (nSPS) is 26.8. The topological polar surface area (TPSA) is 27.2 Å². The molecular weight excluding hydrogens is 208 g/mol. The molecule has 5 heteroatoms. The molecular formula is C10H19N4S+. The lowest BCUT2D eigenvalue weighted by molar-refractivity contribution is -0.951. The van der Waals surface area contributed by atoms with E-state index < -0.39 is 0 Å². The van der Waals surface area contributed by atoms with Crippen molar-refractivity contribution in [2.24, 2.45) is 7.05 Å². The van der Waals surface area contributed by atoms with E-state index in [0.29, 0.717) is 0 Å². The predicted molar refractivity (Wildman–Crippen MR) is 61.2 cm³/mol. The van der Waals surface area contributed by atoms with Gasteiger partial charge in [-0.25, -0.2) is 0 Å². The molecule has 2 rings (SSSR count). The summed E-state index contributed by atoms with van der Waals surface area (Å²) < 4.78 is 4.65. The third kappa shape index (κ3) is 2.29. The highest BCUT2D eigenvalue weighted by Crippen LogP contribution is 2.02. The molecule has 4 nitrogen and oxygen atoms in total. The second-order valence-electron chi connectivity index (χ2n) is 4.49. The largest absolute Gasteiger partial charge is 0.314 e. The van der Waals surface area contributed by atoms with Crippen molar-refractivity contribution >= 4 is 12.2 Å². The molecule has 1 fully saturated rings. The van der Waals surface area contributed by atoms with Crippen molar-refractivity contribution in [3.63, 3.8) is 0 Å². The molecule has 0 bridgehead atoms. The molecule has 1 aromatic rings. The first-order valence-electron chi connectivity index (χ1n) is 5.61. The highest BCUT2D eigenvalue weighted by molar-refractivity contribution is 7.71. The highest BCUT2D eigenvalue weighted by Gasteiger charge is 2.22. The van der Waals surface area contributed by atoms with Crippen LogP contribution in [0.2, 0.25) is 0 Å². The number of likely N-dealkylation sites (tertiary alicyclic amines) is 1. The van der Waals surface area contributed by atoms with E-state index in [9.17, 15) is 0 Å². The standard InChI is InChI=1S/C10H18N4S/c1-9-5-3-4-6-13(9)8-14-10(15)12(2)7-11-14/h7,9H,3-6,8H2,1-2H3/p+1/t9-/m0/s1. The number of piperidine rings is 1. The third-order valence-corrected chi connectivity index (χ3v) is 3.82. The van der Waals surface area contributed by atoms with Crippen LogP contribution >= 0.6 is 12.2 Å². The zero-order chi connectivity index (χ0) is 10.8. The first-order chi connectivity index (χ1) is 7.18. The monoisotopic (exact) mass is 227 g/mol. The van der Waals surface area contributed by atoms with E-state index in [1.165, 1.54) is 25.8 Å². The van der Waals surface area contributed by atoms with Crippen LogP contribution in [0.3, 0.4) is 0 Å². The number of rotatable bonds is 2. The van der Waals surface area contributed by atoms with Gasteiger partial charge in [0.2, 0.25) is 4.77 Å². The maximum Gasteiger partial charge on any atom is 0.202 e. The molecule has 0 saturated carbocycles. The van der Waals surface area contributed by atoms with Crippen LogP contribution < -0.4 is 4.90 Å². The van der Waals surface area contributed by atoms with E-state index in [2.05, 4.69) is 12.0 Å². The maximum absolute atomic E-state index is 5.28. The van der Waals surface area contributed by atoms with Crippen LogP contribution in [0.4, 0.5) is 0 Å². The smallest absolute Gasteiger partial charge is 0.202 e. The lowest BCUT2D eigenvalue weighted by atomic mass is 10.0. The van der Waals surface area contributed by atoms with Gasteiger partial charge in [0, 0.05) is 7.05 Å². The fourth-order valence-corrected chi connectivity index (χ4v) is 2.37. The first-order valence-corrected chi connectivity index (χ1v) is 6.02. The van der Waals surface area contributed by atoms with Gasteiger partial charge in [0.1, 0.15) is 6.33 Å². The molecule has 0 aliphatic carbocycles. The van der Waals surface area contributed by atoms with Gasteiger partial charge >= 0.3 is 0 Å². The lowest BCUT2D eigenvalue weighted by Crippen LogP contribution is -3.15. The molecule has 2 heterocycles. The van der Waals surface area contributed by atoms with Gasteiger partial charge in [-0.1, -0.05) is 0 Å². The number of quaternary nitrogens is 1. The third-order valence-electron chi connectivity index (χ3n) is 3.32. The summed E-state index contributed by atoms with van der Waals surface area (Å²) in [5.74, 6) is 0. The SMILES string of the molecule is C[C@H]1CCCC[NH+]1Cn1ncn(C)c1=S. The number of nitrogens with zero attached hydrogens (tertiary/aromatic N) is 3. The Kier molecular flexibility index (Phi) is 3.21. The first kappa shape index (κ1) is 10.8. The fourth-order valence-electron chi connectivity index (χ4n) is 2.21. The van der Waals surface area contributed by atoms with Crippen LogP contribution in [-0.4, -0.2) is 26.9 Å². The zero-order valence-electron chi connectivity index (χ0n) is 9.44. The summed E-state index contributed by atoms with van der Waals surface area (Å²) in [6.45, 7) is 4.49. The Morgan fingerprint density at radius 1 is 1.60 bits per heavy atom. The summed E-state index contributed by atoms with van der Waals surface area (Å²) in [7, 11) is 1.95. The van der Waals surface area contributed by atoms with Gasteiger partial charge in [-0.05, 0) is 38.4 Å². The number of aromatic nitrogens is 3. The van der Waals surface area contributed by atoms with Crippen molar-refractivity contribution < 1.29 is 4.90 Å². The number of nitrogens with one attached hydrogen (secondary N) is 1. The summed E-state index contributed by atoms with van der Waals surface area (Å²) in [6.07, 6.45) is 5.82. The van der Waals surface area contributed by atoms with Gasteiger partial charge in [0.25, 0.3) is 0 Å². The Morgan fingerprint density at radius 3 is 3.00 bits per heavy atom. The van der Waals surface area contributed by atoms with Gasteiger partial charge < -0.3 is 9.47 Å². The quantitative estimate of drug-likeness (QED) is 0.739. The van der Waals surface area contributed by atoms with Crippen LogP contribution in [0.1, 0.15) is 26.2 Å². The maximum atomic E-state index is 5.28. The van der Waals surface area contributed by atoms with Crippen LogP contribution in [0.15, 0.2) is 6.33 Å². The minimum Gasteiger partial charge on any atom is -0.314 e. The molecule has 2 atom stereocenters. The Balaban J connectivity index is 2.07. The van der Waals surface area contributed by atoms with E-state index in [0.717, 1.165) is 17.5 Å². The molecule has 1 N–H and O–H groups in total. The molecule has 0 amide bonds. The number of aryl methyl sites for hydroxylation is 1. The molecule has 1 aromatic heterocycles. The summed E-state index contributed by atoms with van der Waals surface area (Å²) in [5.41, 5.74) is 0. The van der Waals surface area contributed by atoms with Gasteiger partial charge in [-0.15, -0.1) is 0 Å². The van der Waals surface area contributed by atoms with Crippen LogP contribution in [0.25, 0.3) is 0 Å². The van der Waals surface area contributed by atoms with Crippen molar-refractivity contribution in [1.29, 1.82) is 0 Å². The number of hydrogen-bond donors (Lipinski definition) is 1. The van der Waals surface area contributed by atoms with Gasteiger partial charge in [-0.3, -0.25) is 0 Å². The van der Waals surface area contributed by atoms with Crippen molar-refractivity contribution in [1.82, 2.24) is 14.3 Å². The average Bonchev–Trinajstić information content (AvgIpc) is 2.53. The fraction of sp³-hybridized carbons (Fsp3) is 0.800. The minimum absolute atomic E-state index is 0.739. The molecule has 1 unspecified atom stereocenters. The minimum atomic E-state index is 0.739. The summed E-state index contributed by atoms with van der Waals surface area (Å²) in [4.78, 5) is 1.61. The van der Waals surface area contributed by atoms with Gasteiger partial charge in [0.05, 0.1) is 12.6 Å². The Hall–Kier alpha value is -0.680. The van der Waals surface area contributed by atoms with Gasteiger partial charge in [0.15, 0.2) is 6.67 Å². The molecule has 0 radical (unpaired) electrons. The van der Waals surface area contributed by atoms with E-state index in [4.69, 9.17) is 12.2 Å². The van der Waals surface area contributed by atoms with E-state index in [1.54, 1.807) is 11.2 Å². The second kappa shape index (κ2) is 4.45. The molecule has 84 valence electrons. The van der Waals surface area contributed by atoms with Gasteiger partial charge in [-0.2, -0.15) is 9.78 Å². The summed E-state index contributed by atoms with van der Waals surface area (Å²) in [6, 6.07) is 0.739. The Labute approximate surface area is 95.5 Å². The van der Waals surface area contributed by atoms with E-state index >= 15 is 0 Å². The molecule has 0 aromatic carbocycles. The second-order valence-corrected chi connectivity index (χ2v) is 4.85. The highest BCUT2D eigenvalue weighted by atomic mass is 32.1. The van der Waals surface area contributed by atoms with Crippen LogP contribution in [-0.2, 0) is 13.7 Å². The van der Waals surface area contributed by atoms with E-state index in [1.807, 2.05) is 16.3 Å². The average molecular weight is 227 g/mol. The molecule has 0 spiro atoms. The summed E-state index contributed by atoms with van der Waals surface area (Å²) in [5, 5.41) is 4.30. The molecule has 1 saturated heterocycles. The van der Waals surface area contributed by atoms with Crippen molar-refractivity contribution in [2.75, 3.05) is 6.54 Å². The van der Waals surface area contributed by atoms with Crippen molar-refractivity contribution in [3.8, 4) is 0 Å². The lowest BCUT2D eigenvalue weighted by Gasteiger charge is -2.29. The van der Waals surface area contributed by atoms with Crippen LogP contribution in [0, 0.1) is 4.77 Å².